The molecule has 3 N–H and O–H groups in total. The highest BCUT2D eigenvalue weighted by Gasteiger charge is 2.14. The molecule has 0 fully saturated rings. The maximum absolute atomic E-state index is 6.56. The van der Waals surface area contributed by atoms with Gasteiger partial charge < -0.3 is 20.5 Å². The summed E-state index contributed by atoms with van der Waals surface area (Å²) in [4.78, 5) is 0. The predicted octanol–water partition coefficient (Wildman–Crippen LogP) is 21.2. The van der Waals surface area contributed by atoms with Gasteiger partial charge in [0.25, 0.3) is 0 Å². The summed E-state index contributed by atoms with van der Waals surface area (Å²) < 4.78 is 10.9. The van der Waals surface area contributed by atoms with E-state index in [1.807, 2.05) is 116 Å². The van der Waals surface area contributed by atoms with Crippen molar-refractivity contribution in [2.45, 2.75) is 38.4 Å². The van der Waals surface area contributed by atoms with Gasteiger partial charge in [0.15, 0.2) is 0 Å². The molecule has 0 aromatic heterocycles. The highest BCUT2D eigenvalue weighted by atomic mass is 35.5. The van der Waals surface area contributed by atoms with E-state index in [0.717, 1.165) is 23.2 Å². The minimum absolute atomic E-state index is 0. The molecule has 0 saturated heterocycles. The summed E-state index contributed by atoms with van der Waals surface area (Å²) in [6, 6.07) is 52.3. The van der Waals surface area contributed by atoms with Gasteiger partial charge in [-0.25, -0.2) is 0 Å². The molecule has 0 saturated carbocycles. The molecular formula is C86H131ClN2O2. The molecule has 2 unspecified atom stereocenters. The number of rotatable bonds is 10. The van der Waals surface area contributed by atoms with Crippen LogP contribution in [0.1, 0.15) is 119 Å². The smallest absolute Gasteiger partial charge is 0.140 e. The number of aryl methyl sites for hydroxylation is 2. The lowest BCUT2D eigenvalue weighted by Gasteiger charge is -2.20. The number of alkyl halides is 1. The second kappa shape index (κ2) is 46.9. The van der Waals surface area contributed by atoms with Gasteiger partial charge in [-0.3, -0.25) is 0 Å². The standard InChI is InChI=1S/C43H21NO.C36H13ClO.C7H9N.44H2/c1-3-4-5-6-7-8-9-10-11-12-13-14-15-16-17-18-19-20-21-25-36-45-42-34-32-41(33-35-42)43(40-30-28-38(2)29-31-40)44-37-39-26-23-22-24-27-39;1-3-4-5-6-7-8-9-10-11-12-13-14-15-16-17-18-19-20-21-22-31-38-35-29-27-34(28-30-35)36(37)33-25-23-32(2)24-26-33;8-6-7-4-2-1-3-5-7;;;;;;;;;;;;;;;;;;;;;;;;;;;;;;;;;;;;;;;;;;;;/h1,22-24,26-35,43-44H,37H2,2H3;1,23-30,36H,2H3;1-5H,6,8H2;44*1H. The van der Waals surface area contributed by atoms with Gasteiger partial charge in [0.05, 0.1) is 11.4 Å². The van der Waals surface area contributed by atoms with Gasteiger partial charge in [-0.1, -0.05) is 145 Å². The Kier molecular flexibility index (Phi) is 35.5. The Hall–Kier alpha value is -14.6. The zero-order valence-electron chi connectivity index (χ0n) is 49.0. The van der Waals surface area contributed by atoms with Gasteiger partial charge >= 0.3 is 0 Å². The molecule has 6 aromatic carbocycles. The molecule has 0 bridgehead atoms. The zero-order chi connectivity index (χ0) is 64.5. The van der Waals surface area contributed by atoms with Crippen LogP contribution in [0, 0.1) is 276 Å². The first-order valence-electron chi connectivity index (χ1n) is 26.6. The van der Waals surface area contributed by atoms with Gasteiger partial charge in [0, 0.05) is 218 Å². The summed E-state index contributed by atoms with van der Waals surface area (Å²) in [5, 5.41) is 3.44. The van der Waals surface area contributed by atoms with E-state index in [-0.39, 0.29) is 74.2 Å². The van der Waals surface area contributed by atoms with Gasteiger partial charge in [-0.15, -0.1) is 24.4 Å². The summed E-state index contributed by atoms with van der Waals surface area (Å²) in [6.07, 6.45) is 15.0. The minimum atomic E-state index is -0.236. The molecule has 5 heteroatoms. The highest BCUT2D eigenvalue weighted by Crippen LogP contribution is 2.30. The quantitative estimate of drug-likeness (QED) is 0.106. The molecular weight excluding hydrogens is 1130 g/mol. The van der Waals surface area contributed by atoms with Crippen LogP contribution < -0.4 is 20.5 Å². The normalized spacial score (nSPS) is 8.02. The van der Waals surface area contributed by atoms with E-state index < -0.39 is 0 Å². The topological polar surface area (TPSA) is 56.5 Å². The van der Waals surface area contributed by atoms with Crippen LogP contribution >= 0.6 is 11.6 Å². The molecule has 4 nitrogen and oxygen atoms in total. The van der Waals surface area contributed by atoms with Crippen molar-refractivity contribution in [3.05, 3.63) is 202 Å². The van der Waals surface area contributed by atoms with Crippen LogP contribution in [0.2, 0.25) is 0 Å². The third-order valence-electron chi connectivity index (χ3n) is 10.4. The molecule has 0 aliphatic heterocycles. The van der Waals surface area contributed by atoms with Gasteiger partial charge in [-0.2, -0.15) is 0 Å². The van der Waals surface area contributed by atoms with Crippen molar-refractivity contribution in [3.8, 4) is 273 Å². The summed E-state index contributed by atoms with van der Waals surface area (Å²) in [6.45, 7) is 5.51. The minimum Gasteiger partial charge on any atom is -0.407 e. The first kappa shape index (κ1) is 68.9. The summed E-state index contributed by atoms with van der Waals surface area (Å²) in [5.74, 6) is 101. The first-order valence-corrected chi connectivity index (χ1v) is 27.1. The number of benzene rings is 6. The Morgan fingerprint density at radius 3 is 0.879 bits per heavy atom. The van der Waals surface area contributed by atoms with Crippen LogP contribution in [0.15, 0.2) is 158 Å². The van der Waals surface area contributed by atoms with E-state index in [4.69, 9.17) is 39.7 Å². The van der Waals surface area contributed by atoms with Crippen LogP contribution in [0.5, 0.6) is 11.5 Å². The summed E-state index contributed by atoms with van der Waals surface area (Å²) in [7, 11) is 0. The molecule has 6 rings (SSSR count). The molecule has 0 amide bonds. The predicted molar refractivity (Wildman–Crippen MR) is 460 cm³/mol. The number of halogens is 1. The van der Waals surface area contributed by atoms with Gasteiger partial charge in [0.1, 0.15) is 23.7 Å². The maximum Gasteiger partial charge on any atom is 0.140 e. The third-order valence-corrected chi connectivity index (χ3v) is 10.9. The molecule has 0 heterocycles. The monoisotopic (exact) mass is 1260 g/mol. The van der Waals surface area contributed by atoms with Gasteiger partial charge in [-0.05, 0) is 166 Å². The van der Waals surface area contributed by atoms with Crippen molar-refractivity contribution in [1.82, 2.24) is 5.32 Å². The van der Waals surface area contributed by atoms with E-state index in [1.54, 1.807) is 12.1 Å². The number of nitrogens with two attached hydrogens (primary N) is 1. The van der Waals surface area contributed by atoms with Crippen molar-refractivity contribution < 1.29 is 72.2 Å². The fourth-order valence-electron chi connectivity index (χ4n) is 6.33. The second-order valence-electron chi connectivity index (χ2n) is 16.8. The lowest BCUT2D eigenvalue weighted by Crippen LogP contribution is -2.22. The third kappa shape index (κ3) is 33.4. The Morgan fingerprint density at radius 2 is 0.593 bits per heavy atom. The highest BCUT2D eigenvalue weighted by molar-refractivity contribution is 6.22. The fraction of sp³-hybridized carbons (Fsp3) is 0.0698. The van der Waals surface area contributed by atoms with Gasteiger partial charge in [0.2, 0.25) is 0 Å². The number of nitrogens with one attached hydrogen (secondary N) is 1. The second-order valence-corrected chi connectivity index (χ2v) is 17.2. The largest absolute Gasteiger partial charge is 0.407 e. The van der Waals surface area contributed by atoms with Crippen molar-refractivity contribution in [2.24, 2.45) is 5.73 Å². The number of hydrogen-bond donors (Lipinski definition) is 2. The zero-order valence-corrected chi connectivity index (χ0v) is 49.8. The molecule has 0 aliphatic carbocycles. The van der Waals surface area contributed by atoms with Crippen LogP contribution in [0.4, 0.5) is 0 Å². The number of terminal acetylenes is 2. The number of ether oxygens (including phenoxy) is 2. The molecule has 0 spiro atoms. The van der Waals surface area contributed by atoms with E-state index in [1.165, 1.54) is 27.8 Å². The van der Waals surface area contributed by atoms with Crippen molar-refractivity contribution in [3.63, 3.8) is 0 Å². The van der Waals surface area contributed by atoms with Crippen LogP contribution in [-0.2, 0) is 13.1 Å². The number of hydrogen-bond acceptors (Lipinski definition) is 4. The fourth-order valence-corrected chi connectivity index (χ4v) is 6.62. The maximum atomic E-state index is 6.56. The average molecular weight is 1260 g/mol. The van der Waals surface area contributed by atoms with Crippen LogP contribution in [0.3, 0.4) is 0 Å². The Morgan fingerprint density at radius 1 is 0.341 bits per heavy atom. The van der Waals surface area contributed by atoms with E-state index in [2.05, 4.69) is 298 Å². The van der Waals surface area contributed by atoms with Crippen molar-refractivity contribution in [1.29, 1.82) is 0 Å². The van der Waals surface area contributed by atoms with E-state index in [9.17, 15) is 0 Å². The SMILES string of the molecule is C#CC#CC#CC#CC#CC#CC#CC#CC#CC#CC#COc1ccc(C(Cl)c2ccc(C)cc2)cc1.C#CC#CC#CC#CC#CC#CC#CC#CC#CC#CC#COc1ccc(C(NCc2ccccc2)c2ccc(C)cc2)cc1.NCc1ccccc1.[HH].[HH].[HH].[HH].[HH].[HH].[HH].[HH].[HH].[HH].[HH].[HH].[HH].[HH].[HH].[HH].[HH].[HH].[HH].[HH].[HH].[HH].[HH].[HH].[HH].[HH].[HH].[HH].[HH].[HH].[HH].[HH].[HH].[HH].[HH].[HH].[HH].[HH].[HH].[HH].[HH].[HH].[HH].[HH]. The Bertz CT molecular complexity index is 5140. The van der Waals surface area contributed by atoms with Crippen molar-refractivity contribution in [2.75, 3.05) is 0 Å². The van der Waals surface area contributed by atoms with E-state index in [0.29, 0.717) is 18.0 Å². The average Bonchev–Trinajstić information content (AvgIpc) is 0.828. The van der Waals surface area contributed by atoms with Crippen molar-refractivity contribution >= 4 is 11.6 Å². The Labute approximate surface area is 608 Å². The molecule has 2 atom stereocenters. The van der Waals surface area contributed by atoms with Crippen LogP contribution in [-0.4, -0.2) is 0 Å². The first-order chi connectivity index (χ1) is 44.9. The summed E-state index contributed by atoms with van der Waals surface area (Å²) in [5.41, 5.74) is 14.5. The molecule has 6 aromatic rings. The Balaban J connectivity index is -0.0000000238. The lowest BCUT2D eigenvalue weighted by atomic mass is 9.97. The molecule has 504 valence electrons. The lowest BCUT2D eigenvalue weighted by molar-refractivity contribution is 0.519. The van der Waals surface area contributed by atoms with Crippen LogP contribution in [0.25, 0.3) is 0 Å². The summed E-state index contributed by atoms with van der Waals surface area (Å²) >= 11 is 6.56. The van der Waals surface area contributed by atoms with E-state index >= 15 is 0 Å². The molecule has 0 radical (unpaired) electrons. The molecule has 91 heavy (non-hydrogen) atoms. The molecule has 0 aliphatic rings.